The van der Waals surface area contributed by atoms with Gasteiger partial charge in [0.1, 0.15) is 0 Å². The number of benzene rings is 1. The molecule has 0 amide bonds. The summed E-state index contributed by atoms with van der Waals surface area (Å²) in [7, 11) is 0. The Labute approximate surface area is 115 Å². The predicted molar refractivity (Wildman–Crippen MR) is 76.3 cm³/mol. The Morgan fingerprint density at radius 1 is 1.33 bits per heavy atom. The van der Waals surface area contributed by atoms with Gasteiger partial charge in [-0.2, -0.15) is 0 Å². The van der Waals surface area contributed by atoms with Crippen molar-refractivity contribution in [1.82, 2.24) is 4.98 Å². The lowest BCUT2D eigenvalue weighted by molar-refractivity contribution is 0.200. The predicted octanol–water partition coefficient (Wildman–Crippen LogP) is 3.51. The van der Waals surface area contributed by atoms with Crippen molar-refractivity contribution >= 4 is 21.6 Å². The molecule has 1 aromatic carbocycles. The quantitative estimate of drug-likeness (QED) is 0.908. The highest BCUT2D eigenvalue weighted by Crippen LogP contribution is 2.22. The van der Waals surface area contributed by atoms with Crippen LogP contribution in [0.3, 0.4) is 0 Å². The molecule has 1 atom stereocenters. The molecule has 94 valence electrons. The van der Waals surface area contributed by atoms with Crippen molar-refractivity contribution in [2.24, 2.45) is 0 Å². The summed E-state index contributed by atoms with van der Waals surface area (Å²) in [6.45, 7) is 2.44. The Bertz CT molecular complexity index is 529. The Kier molecular flexibility index (Phi) is 4.33. The Morgan fingerprint density at radius 2 is 2.11 bits per heavy atom. The Balaban J connectivity index is 2.11. The van der Waals surface area contributed by atoms with Gasteiger partial charge in [0.25, 0.3) is 0 Å². The maximum absolute atomic E-state index is 9.69. The monoisotopic (exact) mass is 306 g/mol. The Hall–Kier alpha value is -1.39. The van der Waals surface area contributed by atoms with Crippen LogP contribution < -0.4 is 5.32 Å². The standard InChI is InChI=1S/C14H15BrN2O/c1-10(18)13-4-2-3-5-14(13)17-8-11-6-12(15)9-16-7-11/h2-7,9-10,17-18H,8H2,1H3. The molecular weight excluding hydrogens is 292 g/mol. The van der Waals surface area contributed by atoms with Crippen molar-refractivity contribution in [3.05, 3.63) is 58.3 Å². The molecule has 1 unspecified atom stereocenters. The molecule has 1 aromatic heterocycles. The molecule has 1 heterocycles. The smallest absolute Gasteiger partial charge is 0.0781 e. The van der Waals surface area contributed by atoms with E-state index in [1.807, 2.05) is 36.5 Å². The number of aliphatic hydroxyl groups excluding tert-OH is 1. The van der Waals surface area contributed by atoms with Crippen LogP contribution in [0.4, 0.5) is 5.69 Å². The molecule has 0 fully saturated rings. The maximum Gasteiger partial charge on any atom is 0.0781 e. The number of anilines is 1. The normalized spacial score (nSPS) is 12.2. The molecular formula is C14H15BrN2O. The highest BCUT2D eigenvalue weighted by Gasteiger charge is 2.06. The first-order valence-corrected chi connectivity index (χ1v) is 6.56. The van der Waals surface area contributed by atoms with Gasteiger partial charge in [0, 0.05) is 34.7 Å². The van der Waals surface area contributed by atoms with Crippen LogP contribution in [-0.2, 0) is 6.54 Å². The largest absolute Gasteiger partial charge is 0.389 e. The van der Waals surface area contributed by atoms with Gasteiger partial charge >= 0.3 is 0 Å². The first kappa shape index (κ1) is 13.1. The Morgan fingerprint density at radius 3 is 2.83 bits per heavy atom. The molecule has 0 aliphatic heterocycles. The highest BCUT2D eigenvalue weighted by molar-refractivity contribution is 9.10. The third kappa shape index (κ3) is 3.31. The van der Waals surface area contributed by atoms with Crippen LogP contribution in [0.1, 0.15) is 24.2 Å². The topological polar surface area (TPSA) is 45.1 Å². The third-order valence-corrected chi connectivity index (χ3v) is 3.09. The molecule has 2 aromatic rings. The van der Waals surface area contributed by atoms with Crippen molar-refractivity contribution in [2.45, 2.75) is 19.6 Å². The number of para-hydroxylation sites is 1. The number of nitrogens with zero attached hydrogens (tertiary/aromatic N) is 1. The molecule has 0 radical (unpaired) electrons. The number of hydrogen-bond donors (Lipinski definition) is 2. The molecule has 18 heavy (non-hydrogen) atoms. The van der Waals surface area contributed by atoms with Crippen molar-refractivity contribution in [3.63, 3.8) is 0 Å². The van der Waals surface area contributed by atoms with Gasteiger partial charge in [-0.25, -0.2) is 0 Å². The van der Waals surface area contributed by atoms with E-state index < -0.39 is 6.10 Å². The van der Waals surface area contributed by atoms with Gasteiger partial charge < -0.3 is 10.4 Å². The summed E-state index contributed by atoms with van der Waals surface area (Å²) in [5.41, 5.74) is 2.94. The first-order valence-electron chi connectivity index (χ1n) is 5.77. The van der Waals surface area contributed by atoms with E-state index in [1.165, 1.54) is 0 Å². The summed E-state index contributed by atoms with van der Waals surface area (Å²) in [6, 6.07) is 9.78. The number of nitrogens with one attached hydrogen (secondary N) is 1. The number of pyridine rings is 1. The summed E-state index contributed by atoms with van der Waals surface area (Å²) >= 11 is 3.40. The molecule has 0 saturated carbocycles. The molecule has 0 aliphatic carbocycles. The number of halogens is 1. The van der Waals surface area contributed by atoms with Gasteiger partial charge in [-0.15, -0.1) is 0 Å². The minimum absolute atomic E-state index is 0.477. The van der Waals surface area contributed by atoms with Crippen LogP contribution in [0.25, 0.3) is 0 Å². The van der Waals surface area contributed by atoms with E-state index in [9.17, 15) is 5.11 Å². The average Bonchev–Trinajstić information content (AvgIpc) is 2.37. The molecule has 0 spiro atoms. The zero-order chi connectivity index (χ0) is 13.0. The average molecular weight is 307 g/mol. The summed E-state index contributed by atoms with van der Waals surface area (Å²) in [6.07, 6.45) is 3.10. The van der Waals surface area contributed by atoms with Crippen molar-refractivity contribution in [1.29, 1.82) is 0 Å². The minimum atomic E-state index is -0.477. The van der Waals surface area contributed by atoms with Crippen LogP contribution >= 0.6 is 15.9 Å². The van der Waals surface area contributed by atoms with E-state index in [0.29, 0.717) is 6.54 Å². The van der Waals surface area contributed by atoms with Crippen LogP contribution in [0.15, 0.2) is 47.2 Å². The van der Waals surface area contributed by atoms with Crippen molar-refractivity contribution in [2.75, 3.05) is 5.32 Å². The number of aromatic nitrogens is 1. The van der Waals surface area contributed by atoms with Gasteiger partial charge in [0.15, 0.2) is 0 Å². The van der Waals surface area contributed by atoms with Crippen molar-refractivity contribution < 1.29 is 5.11 Å². The van der Waals surface area contributed by atoms with E-state index in [2.05, 4.69) is 26.2 Å². The van der Waals surface area contributed by atoms with E-state index in [4.69, 9.17) is 0 Å². The number of rotatable bonds is 4. The first-order chi connectivity index (χ1) is 8.66. The minimum Gasteiger partial charge on any atom is -0.389 e. The fraction of sp³-hybridized carbons (Fsp3) is 0.214. The second-order valence-corrected chi connectivity index (χ2v) is 5.04. The summed E-state index contributed by atoms with van der Waals surface area (Å²) in [5, 5.41) is 13.0. The second kappa shape index (κ2) is 5.98. The molecule has 0 aliphatic rings. The molecule has 0 saturated heterocycles. The zero-order valence-electron chi connectivity index (χ0n) is 10.1. The summed E-state index contributed by atoms with van der Waals surface area (Å²) < 4.78 is 0.964. The lowest BCUT2D eigenvalue weighted by Gasteiger charge is -2.13. The summed E-state index contributed by atoms with van der Waals surface area (Å²) in [5.74, 6) is 0. The van der Waals surface area contributed by atoms with E-state index >= 15 is 0 Å². The number of aliphatic hydroxyl groups is 1. The fourth-order valence-corrected chi connectivity index (χ4v) is 2.18. The third-order valence-electron chi connectivity index (χ3n) is 2.66. The molecule has 2 N–H and O–H groups in total. The van der Waals surface area contributed by atoms with Gasteiger partial charge in [0.05, 0.1) is 6.10 Å². The maximum atomic E-state index is 9.69. The van der Waals surface area contributed by atoms with Crippen molar-refractivity contribution in [3.8, 4) is 0 Å². The molecule has 3 nitrogen and oxygen atoms in total. The SMILES string of the molecule is CC(O)c1ccccc1NCc1cncc(Br)c1. The van der Waals surface area contributed by atoms with Crippen LogP contribution in [0.2, 0.25) is 0 Å². The van der Waals surface area contributed by atoms with E-state index in [1.54, 1.807) is 13.1 Å². The second-order valence-electron chi connectivity index (χ2n) is 4.13. The lowest BCUT2D eigenvalue weighted by atomic mass is 10.1. The van der Waals surface area contributed by atoms with Crippen LogP contribution in [0, 0.1) is 0 Å². The summed E-state index contributed by atoms with van der Waals surface area (Å²) in [4.78, 5) is 4.12. The lowest BCUT2D eigenvalue weighted by Crippen LogP contribution is -2.04. The van der Waals surface area contributed by atoms with Gasteiger partial charge in [-0.3, -0.25) is 4.98 Å². The zero-order valence-corrected chi connectivity index (χ0v) is 11.7. The number of hydrogen-bond acceptors (Lipinski definition) is 3. The molecule has 0 bridgehead atoms. The highest BCUT2D eigenvalue weighted by atomic mass is 79.9. The fourth-order valence-electron chi connectivity index (χ4n) is 1.77. The van der Waals surface area contributed by atoms with Gasteiger partial charge in [-0.1, -0.05) is 18.2 Å². The van der Waals surface area contributed by atoms with Crippen LogP contribution in [0.5, 0.6) is 0 Å². The molecule has 4 heteroatoms. The van der Waals surface area contributed by atoms with Gasteiger partial charge in [0.2, 0.25) is 0 Å². The van der Waals surface area contributed by atoms with E-state index in [-0.39, 0.29) is 0 Å². The van der Waals surface area contributed by atoms with Gasteiger partial charge in [-0.05, 0) is 40.5 Å². The van der Waals surface area contributed by atoms with Crippen LogP contribution in [-0.4, -0.2) is 10.1 Å². The molecule has 2 rings (SSSR count). The van der Waals surface area contributed by atoms with E-state index in [0.717, 1.165) is 21.3 Å².